The first-order valence-electron chi connectivity index (χ1n) is 5.19. The lowest BCUT2D eigenvalue weighted by atomic mass is 10.2. The molecule has 0 atom stereocenters. The molecule has 1 aromatic carbocycles. The number of fused-ring (bicyclic) bond motifs is 1. The van der Waals surface area contributed by atoms with E-state index in [1.54, 1.807) is 6.20 Å². The highest BCUT2D eigenvalue weighted by Crippen LogP contribution is 2.22. The van der Waals surface area contributed by atoms with Crippen molar-refractivity contribution in [1.29, 1.82) is 0 Å². The van der Waals surface area contributed by atoms with Gasteiger partial charge in [0.1, 0.15) is 4.60 Å². The summed E-state index contributed by atoms with van der Waals surface area (Å²) in [6.07, 6.45) is 1.76. The zero-order valence-electron chi connectivity index (χ0n) is 9.13. The summed E-state index contributed by atoms with van der Waals surface area (Å²) in [6.45, 7) is 1.92. The van der Waals surface area contributed by atoms with Gasteiger partial charge in [-0.2, -0.15) is 0 Å². The Morgan fingerprint density at radius 3 is 2.65 bits per heavy atom. The summed E-state index contributed by atoms with van der Waals surface area (Å²) in [7, 11) is 0. The molecule has 2 heterocycles. The van der Waals surface area contributed by atoms with Crippen LogP contribution >= 0.6 is 15.9 Å². The molecule has 0 bridgehead atoms. The third kappa shape index (κ3) is 1.63. The molecule has 0 aliphatic rings. The van der Waals surface area contributed by atoms with Crippen LogP contribution in [-0.4, -0.2) is 19.6 Å². The SMILES string of the molecule is Cc1ncc(Br)n2c(-c3ccccc3)nnc12. The van der Waals surface area contributed by atoms with E-state index in [1.807, 2.05) is 41.7 Å². The maximum atomic E-state index is 4.24. The van der Waals surface area contributed by atoms with Gasteiger partial charge in [0.15, 0.2) is 11.5 Å². The van der Waals surface area contributed by atoms with Crippen LogP contribution in [0.4, 0.5) is 0 Å². The van der Waals surface area contributed by atoms with Gasteiger partial charge in [-0.1, -0.05) is 30.3 Å². The normalized spacial score (nSPS) is 10.9. The van der Waals surface area contributed by atoms with Crippen molar-refractivity contribution in [2.75, 3.05) is 0 Å². The topological polar surface area (TPSA) is 43.1 Å². The summed E-state index contributed by atoms with van der Waals surface area (Å²) < 4.78 is 2.81. The maximum Gasteiger partial charge on any atom is 0.183 e. The van der Waals surface area contributed by atoms with E-state index >= 15 is 0 Å². The Kier molecular flexibility index (Phi) is 2.40. The molecule has 84 valence electrons. The first kappa shape index (κ1) is 10.4. The molecule has 0 aliphatic heterocycles. The van der Waals surface area contributed by atoms with Gasteiger partial charge in [0.2, 0.25) is 0 Å². The predicted molar refractivity (Wildman–Crippen MR) is 68.7 cm³/mol. The van der Waals surface area contributed by atoms with E-state index in [0.29, 0.717) is 0 Å². The van der Waals surface area contributed by atoms with Crippen molar-refractivity contribution in [2.45, 2.75) is 6.92 Å². The van der Waals surface area contributed by atoms with Crippen molar-refractivity contribution in [2.24, 2.45) is 0 Å². The van der Waals surface area contributed by atoms with Gasteiger partial charge in [-0.15, -0.1) is 10.2 Å². The van der Waals surface area contributed by atoms with Crippen molar-refractivity contribution in [3.63, 3.8) is 0 Å². The van der Waals surface area contributed by atoms with Crippen molar-refractivity contribution < 1.29 is 0 Å². The lowest BCUT2D eigenvalue weighted by Crippen LogP contribution is -1.95. The maximum absolute atomic E-state index is 4.24. The Morgan fingerprint density at radius 1 is 1.12 bits per heavy atom. The lowest BCUT2D eigenvalue weighted by molar-refractivity contribution is 1.05. The Bertz CT molecular complexity index is 676. The van der Waals surface area contributed by atoms with E-state index in [1.165, 1.54) is 0 Å². The largest absolute Gasteiger partial charge is 0.266 e. The number of aromatic nitrogens is 4. The summed E-state index contributed by atoms with van der Waals surface area (Å²) in [5.74, 6) is 0.818. The van der Waals surface area contributed by atoms with Crippen LogP contribution in [-0.2, 0) is 0 Å². The van der Waals surface area contributed by atoms with Gasteiger partial charge in [0.25, 0.3) is 0 Å². The standard InChI is InChI=1S/C12H9BrN4/c1-8-11-15-16-12(9-5-3-2-4-6-9)17(11)10(13)7-14-8/h2-7H,1H3. The average molecular weight is 289 g/mol. The first-order chi connectivity index (χ1) is 8.27. The molecule has 5 heteroatoms. The molecule has 0 spiro atoms. The van der Waals surface area contributed by atoms with Gasteiger partial charge >= 0.3 is 0 Å². The Labute approximate surface area is 106 Å². The number of nitrogens with zero attached hydrogens (tertiary/aromatic N) is 4. The number of benzene rings is 1. The van der Waals surface area contributed by atoms with Crippen molar-refractivity contribution >= 4 is 21.6 Å². The molecule has 17 heavy (non-hydrogen) atoms. The fourth-order valence-corrected chi connectivity index (χ4v) is 2.20. The van der Waals surface area contributed by atoms with Crippen molar-refractivity contribution in [3.8, 4) is 11.4 Å². The number of halogens is 1. The number of aryl methyl sites for hydroxylation is 1. The summed E-state index contributed by atoms with van der Waals surface area (Å²) in [5.41, 5.74) is 2.67. The second kappa shape index (κ2) is 3.92. The number of rotatable bonds is 1. The third-order valence-corrected chi connectivity index (χ3v) is 3.16. The van der Waals surface area contributed by atoms with Crippen LogP contribution in [0.25, 0.3) is 17.0 Å². The van der Waals surface area contributed by atoms with Crippen molar-refractivity contribution in [1.82, 2.24) is 19.6 Å². The highest BCUT2D eigenvalue weighted by Gasteiger charge is 2.12. The van der Waals surface area contributed by atoms with Gasteiger partial charge < -0.3 is 0 Å². The van der Waals surface area contributed by atoms with Crippen LogP contribution in [0, 0.1) is 6.92 Å². The lowest BCUT2D eigenvalue weighted by Gasteiger charge is -2.03. The fraction of sp³-hybridized carbons (Fsp3) is 0.0833. The van der Waals surface area contributed by atoms with Gasteiger partial charge in [-0.3, -0.25) is 9.38 Å². The number of hydrogen-bond acceptors (Lipinski definition) is 3. The highest BCUT2D eigenvalue weighted by atomic mass is 79.9. The van der Waals surface area contributed by atoms with E-state index in [0.717, 1.165) is 27.3 Å². The van der Waals surface area contributed by atoms with E-state index in [2.05, 4.69) is 31.1 Å². The monoisotopic (exact) mass is 288 g/mol. The first-order valence-corrected chi connectivity index (χ1v) is 5.98. The molecule has 2 aromatic heterocycles. The zero-order chi connectivity index (χ0) is 11.8. The molecule has 0 saturated heterocycles. The predicted octanol–water partition coefficient (Wildman–Crippen LogP) is 2.86. The Hall–Kier alpha value is -1.75. The molecule has 0 radical (unpaired) electrons. The van der Waals surface area contributed by atoms with Crippen molar-refractivity contribution in [3.05, 3.63) is 46.8 Å². The third-order valence-electron chi connectivity index (χ3n) is 2.60. The minimum Gasteiger partial charge on any atom is -0.266 e. The molecule has 0 unspecified atom stereocenters. The summed E-state index contributed by atoms with van der Waals surface area (Å²) in [4.78, 5) is 4.24. The van der Waals surface area contributed by atoms with Crippen LogP contribution in [0.3, 0.4) is 0 Å². The van der Waals surface area contributed by atoms with Gasteiger partial charge in [0, 0.05) is 5.56 Å². The second-order valence-corrected chi connectivity index (χ2v) is 4.53. The van der Waals surface area contributed by atoms with Gasteiger partial charge in [-0.05, 0) is 22.9 Å². The Morgan fingerprint density at radius 2 is 1.88 bits per heavy atom. The summed E-state index contributed by atoms with van der Waals surface area (Å²) in [5, 5.41) is 8.41. The molecular formula is C12H9BrN4. The zero-order valence-corrected chi connectivity index (χ0v) is 10.7. The molecule has 0 saturated carbocycles. The Balaban J connectivity index is 2.36. The molecule has 4 nitrogen and oxygen atoms in total. The van der Waals surface area contributed by atoms with E-state index in [9.17, 15) is 0 Å². The van der Waals surface area contributed by atoms with E-state index in [-0.39, 0.29) is 0 Å². The summed E-state index contributed by atoms with van der Waals surface area (Å²) in [6, 6.07) is 9.97. The van der Waals surface area contributed by atoms with E-state index < -0.39 is 0 Å². The molecule has 3 rings (SSSR count). The fourth-order valence-electron chi connectivity index (χ4n) is 1.76. The number of hydrogen-bond donors (Lipinski definition) is 0. The smallest absolute Gasteiger partial charge is 0.183 e. The minimum absolute atomic E-state index is 0.776. The molecular weight excluding hydrogens is 280 g/mol. The van der Waals surface area contributed by atoms with Crippen LogP contribution in [0.2, 0.25) is 0 Å². The minimum atomic E-state index is 0.776. The molecule has 0 fully saturated rings. The molecule has 3 aromatic rings. The van der Waals surface area contributed by atoms with Crippen LogP contribution in [0.1, 0.15) is 5.69 Å². The average Bonchev–Trinajstić information content (AvgIpc) is 2.81. The molecule has 0 amide bonds. The quantitative estimate of drug-likeness (QED) is 0.692. The van der Waals surface area contributed by atoms with Crippen LogP contribution < -0.4 is 0 Å². The molecule has 0 aliphatic carbocycles. The highest BCUT2D eigenvalue weighted by molar-refractivity contribution is 9.10. The van der Waals surface area contributed by atoms with Crippen LogP contribution in [0.5, 0.6) is 0 Å². The second-order valence-electron chi connectivity index (χ2n) is 3.71. The summed E-state index contributed by atoms with van der Waals surface area (Å²) >= 11 is 3.48. The van der Waals surface area contributed by atoms with Gasteiger partial charge in [0.05, 0.1) is 11.9 Å². The molecule has 0 N–H and O–H groups in total. The van der Waals surface area contributed by atoms with Crippen LogP contribution in [0.15, 0.2) is 41.1 Å². The van der Waals surface area contributed by atoms with Gasteiger partial charge in [-0.25, -0.2) is 0 Å². The van der Waals surface area contributed by atoms with E-state index in [4.69, 9.17) is 0 Å².